The van der Waals surface area contributed by atoms with E-state index in [-0.39, 0.29) is 5.56 Å². The van der Waals surface area contributed by atoms with Gasteiger partial charge >= 0.3 is 0 Å². The first-order valence-corrected chi connectivity index (χ1v) is 6.57. The fourth-order valence-electron chi connectivity index (χ4n) is 3.05. The van der Waals surface area contributed by atoms with Gasteiger partial charge in [-0.15, -0.1) is 0 Å². The Morgan fingerprint density at radius 3 is 3.17 bits per heavy atom. The van der Waals surface area contributed by atoms with Crippen molar-refractivity contribution in [2.45, 2.75) is 25.7 Å². The molecule has 2 aromatic heterocycles. The van der Waals surface area contributed by atoms with Crippen LogP contribution in [0.25, 0.3) is 5.52 Å². The number of nitrogens with one attached hydrogen (secondary N) is 1. The van der Waals surface area contributed by atoms with Crippen LogP contribution in [0, 0.1) is 11.8 Å². The number of aromatic amines is 1. The summed E-state index contributed by atoms with van der Waals surface area (Å²) in [6.07, 6.45) is 6.62. The molecule has 2 fully saturated rings. The van der Waals surface area contributed by atoms with Crippen molar-refractivity contribution in [1.29, 1.82) is 0 Å². The molecule has 0 spiro atoms. The first-order valence-electron chi connectivity index (χ1n) is 6.57. The Kier molecular flexibility index (Phi) is 2.01. The maximum Gasteiger partial charge on any atom is 0.290 e. The van der Waals surface area contributed by atoms with Gasteiger partial charge in [0.15, 0.2) is 5.69 Å². The average molecular weight is 241 g/mol. The van der Waals surface area contributed by atoms with Crippen molar-refractivity contribution in [3.63, 3.8) is 0 Å². The highest BCUT2D eigenvalue weighted by Crippen LogP contribution is 2.48. The lowest BCUT2D eigenvalue weighted by molar-refractivity contribution is 0.630. The molecule has 4 rings (SSSR count). The van der Waals surface area contributed by atoms with Crippen molar-refractivity contribution in [2.75, 3.05) is 0 Å². The van der Waals surface area contributed by atoms with Gasteiger partial charge in [-0.3, -0.25) is 14.4 Å². The minimum absolute atomic E-state index is 0.0911. The predicted molar refractivity (Wildman–Crippen MR) is 70.6 cm³/mol. The van der Waals surface area contributed by atoms with Crippen LogP contribution in [0.4, 0.5) is 5.69 Å². The molecule has 92 valence electrons. The summed E-state index contributed by atoms with van der Waals surface area (Å²) in [7, 11) is 0. The van der Waals surface area contributed by atoms with E-state index >= 15 is 0 Å². The van der Waals surface area contributed by atoms with E-state index in [0.717, 1.165) is 30.2 Å². The van der Waals surface area contributed by atoms with Gasteiger partial charge < -0.3 is 0 Å². The zero-order valence-electron chi connectivity index (χ0n) is 10.1. The molecule has 1 N–H and O–H groups in total. The number of pyridine rings is 1. The molecule has 4 nitrogen and oxygen atoms in total. The van der Waals surface area contributed by atoms with Gasteiger partial charge in [0.2, 0.25) is 0 Å². The summed E-state index contributed by atoms with van der Waals surface area (Å²) >= 11 is 0. The molecular weight excluding hydrogens is 226 g/mol. The molecule has 0 aliphatic heterocycles. The standard InChI is InChI=1S/C14H15N3O/c18-14-13(12-3-1-2-6-17(12)16-14)15-11-5-4-9-7-10(9)8-11/h1-3,6,9-10H,4-5,7-8H2,(H,16,18). The van der Waals surface area contributed by atoms with Gasteiger partial charge in [-0.05, 0) is 49.7 Å². The molecule has 0 saturated heterocycles. The van der Waals surface area contributed by atoms with Crippen LogP contribution in [0.3, 0.4) is 0 Å². The quantitative estimate of drug-likeness (QED) is 0.819. The van der Waals surface area contributed by atoms with Crippen molar-refractivity contribution in [3.05, 3.63) is 34.7 Å². The van der Waals surface area contributed by atoms with Crippen LogP contribution in [-0.2, 0) is 0 Å². The third-order valence-electron chi connectivity index (χ3n) is 4.18. The highest BCUT2D eigenvalue weighted by atomic mass is 16.1. The van der Waals surface area contributed by atoms with Crippen molar-refractivity contribution in [1.82, 2.24) is 9.61 Å². The van der Waals surface area contributed by atoms with E-state index in [0.29, 0.717) is 5.69 Å². The van der Waals surface area contributed by atoms with Crippen LogP contribution >= 0.6 is 0 Å². The minimum Gasteiger partial charge on any atom is -0.266 e. The first-order chi connectivity index (χ1) is 8.81. The van der Waals surface area contributed by atoms with Crippen LogP contribution in [0.2, 0.25) is 0 Å². The third kappa shape index (κ3) is 1.52. The van der Waals surface area contributed by atoms with Gasteiger partial charge in [0.1, 0.15) is 0 Å². The second-order valence-electron chi connectivity index (χ2n) is 5.42. The van der Waals surface area contributed by atoms with Crippen LogP contribution in [0.1, 0.15) is 25.7 Å². The zero-order valence-corrected chi connectivity index (χ0v) is 10.1. The second kappa shape index (κ2) is 3.57. The zero-order chi connectivity index (χ0) is 12.1. The average Bonchev–Trinajstić information content (AvgIpc) is 3.08. The van der Waals surface area contributed by atoms with Crippen LogP contribution in [0.5, 0.6) is 0 Å². The van der Waals surface area contributed by atoms with Crippen LogP contribution in [-0.4, -0.2) is 15.3 Å². The topological polar surface area (TPSA) is 49.6 Å². The molecule has 2 saturated carbocycles. The molecule has 0 bridgehead atoms. The van der Waals surface area contributed by atoms with Gasteiger partial charge in [0.25, 0.3) is 5.56 Å². The van der Waals surface area contributed by atoms with E-state index in [1.54, 1.807) is 4.52 Å². The highest BCUT2D eigenvalue weighted by Gasteiger charge is 2.40. The van der Waals surface area contributed by atoms with Crippen LogP contribution in [0.15, 0.2) is 34.2 Å². The van der Waals surface area contributed by atoms with Crippen molar-refractivity contribution in [3.8, 4) is 0 Å². The lowest BCUT2D eigenvalue weighted by Gasteiger charge is -2.10. The molecule has 0 radical (unpaired) electrons. The summed E-state index contributed by atoms with van der Waals surface area (Å²) in [6, 6.07) is 5.76. The number of aromatic nitrogens is 2. The van der Waals surface area contributed by atoms with Crippen molar-refractivity contribution >= 4 is 16.9 Å². The van der Waals surface area contributed by atoms with Gasteiger partial charge in [0, 0.05) is 11.9 Å². The summed E-state index contributed by atoms with van der Waals surface area (Å²) in [6.45, 7) is 0. The maximum absolute atomic E-state index is 11.9. The molecule has 2 aliphatic rings. The molecule has 2 heterocycles. The lowest BCUT2D eigenvalue weighted by atomic mass is 9.98. The van der Waals surface area contributed by atoms with Gasteiger partial charge in [-0.2, -0.15) is 0 Å². The number of nitrogens with zero attached hydrogens (tertiary/aromatic N) is 2. The smallest absolute Gasteiger partial charge is 0.266 e. The molecular formula is C14H15N3O. The minimum atomic E-state index is -0.0911. The number of H-pyrrole nitrogens is 1. The first kappa shape index (κ1) is 10.1. The molecule has 2 atom stereocenters. The summed E-state index contributed by atoms with van der Waals surface area (Å²) in [5.74, 6) is 1.80. The van der Waals surface area contributed by atoms with Crippen molar-refractivity contribution in [2.24, 2.45) is 16.8 Å². The molecule has 0 amide bonds. The van der Waals surface area contributed by atoms with E-state index < -0.39 is 0 Å². The van der Waals surface area contributed by atoms with Gasteiger partial charge in [-0.25, -0.2) is 4.99 Å². The summed E-state index contributed by atoms with van der Waals surface area (Å²) < 4.78 is 1.74. The SMILES string of the molecule is O=c1[nH]n2ccccc2c1N=C1CCC2CC2C1. The predicted octanol–water partition coefficient (Wildman–Crippen LogP) is 2.52. The Labute approximate surface area is 104 Å². The van der Waals surface area contributed by atoms with Gasteiger partial charge in [0.05, 0.1) is 5.52 Å². The van der Waals surface area contributed by atoms with Gasteiger partial charge in [-0.1, -0.05) is 6.07 Å². The van der Waals surface area contributed by atoms with E-state index in [4.69, 9.17) is 0 Å². The fourth-order valence-corrected chi connectivity index (χ4v) is 3.05. The number of hydrogen-bond donors (Lipinski definition) is 1. The molecule has 18 heavy (non-hydrogen) atoms. The summed E-state index contributed by atoms with van der Waals surface area (Å²) in [5.41, 5.74) is 2.56. The third-order valence-corrected chi connectivity index (χ3v) is 4.18. The highest BCUT2D eigenvalue weighted by molar-refractivity contribution is 5.90. The van der Waals surface area contributed by atoms with E-state index in [1.165, 1.54) is 18.6 Å². The molecule has 4 heteroatoms. The second-order valence-corrected chi connectivity index (χ2v) is 5.42. The Morgan fingerprint density at radius 2 is 2.28 bits per heavy atom. The maximum atomic E-state index is 11.9. The van der Waals surface area contributed by atoms with Crippen molar-refractivity contribution < 1.29 is 0 Å². The Morgan fingerprint density at radius 1 is 1.33 bits per heavy atom. The van der Waals surface area contributed by atoms with Crippen LogP contribution < -0.4 is 5.56 Å². The summed E-state index contributed by atoms with van der Waals surface area (Å²) in [5, 5.41) is 2.79. The molecule has 0 aromatic carbocycles. The molecule has 2 aromatic rings. The summed E-state index contributed by atoms with van der Waals surface area (Å²) in [4.78, 5) is 16.6. The van der Waals surface area contributed by atoms with E-state index in [1.807, 2.05) is 24.4 Å². The normalized spacial score (nSPS) is 28.6. The fraction of sp³-hybridized carbons (Fsp3) is 0.429. The Balaban J connectivity index is 1.80. The molecule has 2 unspecified atom stereocenters. The Hall–Kier alpha value is -1.84. The number of rotatable bonds is 1. The monoisotopic (exact) mass is 241 g/mol. The largest absolute Gasteiger partial charge is 0.290 e. The van der Waals surface area contributed by atoms with E-state index in [2.05, 4.69) is 10.1 Å². The van der Waals surface area contributed by atoms with E-state index in [9.17, 15) is 4.79 Å². The number of aliphatic imine (C=N–C) groups is 1. The number of hydrogen-bond acceptors (Lipinski definition) is 2. The Bertz CT molecular complexity index is 694. The molecule has 2 aliphatic carbocycles. The number of fused-ring (bicyclic) bond motifs is 2. The lowest BCUT2D eigenvalue weighted by Crippen LogP contribution is -2.08.